The Labute approximate surface area is 180 Å². The van der Waals surface area contributed by atoms with Crippen molar-refractivity contribution in [3.63, 3.8) is 0 Å². The van der Waals surface area contributed by atoms with Gasteiger partial charge in [0, 0.05) is 9.73 Å². The molecule has 0 saturated carbocycles. The van der Waals surface area contributed by atoms with Gasteiger partial charge in [-0.05, 0) is 58.4 Å². The van der Waals surface area contributed by atoms with E-state index in [9.17, 15) is 0 Å². The molecule has 27 heavy (non-hydrogen) atoms. The quantitative estimate of drug-likeness (QED) is 0.223. The van der Waals surface area contributed by atoms with E-state index >= 15 is 0 Å². The maximum absolute atomic E-state index is 5.60. The van der Waals surface area contributed by atoms with Gasteiger partial charge in [0.05, 0.1) is 0 Å². The van der Waals surface area contributed by atoms with Gasteiger partial charge in [0.2, 0.25) is 0 Å². The Kier molecular flexibility index (Phi) is 9.14. The highest BCUT2D eigenvalue weighted by Crippen LogP contribution is 2.19. The molecule has 0 aliphatic heterocycles. The van der Waals surface area contributed by atoms with Crippen LogP contribution in [0.4, 0.5) is 0 Å². The molecule has 2 aromatic rings. The van der Waals surface area contributed by atoms with Gasteiger partial charge in [-0.25, -0.2) is 0 Å². The fourth-order valence-corrected chi connectivity index (χ4v) is 4.46. The zero-order valence-electron chi connectivity index (χ0n) is 16.8. The predicted octanol–water partition coefficient (Wildman–Crippen LogP) is 7.58. The third-order valence-electron chi connectivity index (χ3n) is 4.75. The number of hydrogen-bond acceptors (Lipinski definition) is 3. The van der Waals surface area contributed by atoms with Crippen LogP contribution in [0, 0.1) is 0 Å². The van der Waals surface area contributed by atoms with Crippen LogP contribution < -0.4 is 0 Å². The Balaban J connectivity index is 1.70. The first kappa shape index (κ1) is 22.3. The molecule has 144 valence electrons. The maximum Gasteiger partial charge on any atom is 0.0232 e. The molecule has 2 aromatic carbocycles. The van der Waals surface area contributed by atoms with Gasteiger partial charge in [-0.15, -0.1) is 0 Å². The summed E-state index contributed by atoms with van der Waals surface area (Å²) < 4.78 is 0. The highest BCUT2D eigenvalue weighted by molar-refractivity contribution is 7.99. The van der Waals surface area contributed by atoms with Crippen LogP contribution in [0.15, 0.2) is 48.5 Å². The number of thioether (sulfide) groups is 1. The van der Waals surface area contributed by atoms with Crippen LogP contribution in [0.25, 0.3) is 0 Å². The standard InChI is InChI=1S/C24H30S3/c1-17(2)19-5-9-21(10-6-19)23(25)13-15-27-16-14-24(26)22-11-7-20(8-12-22)18(3)4/h5-12,17-18H,13-16H2,1-4H3. The molecule has 0 N–H and O–H groups in total. The van der Waals surface area contributed by atoms with E-state index in [0.29, 0.717) is 11.8 Å². The minimum Gasteiger partial charge on any atom is -0.161 e. The van der Waals surface area contributed by atoms with Crippen molar-refractivity contribution in [3.8, 4) is 0 Å². The van der Waals surface area contributed by atoms with Crippen molar-refractivity contribution in [2.45, 2.75) is 52.4 Å². The number of hydrogen-bond donors (Lipinski definition) is 0. The van der Waals surface area contributed by atoms with E-state index in [2.05, 4.69) is 76.2 Å². The predicted molar refractivity (Wildman–Crippen MR) is 131 cm³/mol. The van der Waals surface area contributed by atoms with Crippen LogP contribution in [0.3, 0.4) is 0 Å². The summed E-state index contributed by atoms with van der Waals surface area (Å²) in [6, 6.07) is 17.4. The van der Waals surface area contributed by atoms with E-state index in [1.54, 1.807) is 0 Å². The van der Waals surface area contributed by atoms with E-state index in [4.69, 9.17) is 24.4 Å². The van der Waals surface area contributed by atoms with Crippen LogP contribution in [0.2, 0.25) is 0 Å². The summed E-state index contributed by atoms with van der Waals surface area (Å²) in [6.07, 6.45) is 1.91. The van der Waals surface area contributed by atoms with E-state index in [0.717, 1.165) is 34.1 Å². The van der Waals surface area contributed by atoms with Crippen molar-refractivity contribution in [2.24, 2.45) is 0 Å². The first-order valence-corrected chi connectivity index (χ1v) is 11.7. The Bertz CT molecular complexity index is 675. The summed E-state index contributed by atoms with van der Waals surface area (Å²) in [7, 11) is 0. The number of rotatable bonds is 10. The van der Waals surface area contributed by atoms with Crippen molar-refractivity contribution < 1.29 is 0 Å². The van der Waals surface area contributed by atoms with Gasteiger partial charge in [0.25, 0.3) is 0 Å². The molecule has 2 rings (SSSR count). The topological polar surface area (TPSA) is 0 Å². The molecule has 3 heteroatoms. The molecule has 0 nitrogen and oxygen atoms in total. The Morgan fingerprint density at radius 1 is 0.667 bits per heavy atom. The summed E-state index contributed by atoms with van der Waals surface area (Å²) in [5, 5.41) is 0. The third-order valence-corrected chi connectivity index (χ3v) is 6.61. The highest BCUT2D eigenvalue weighted by Gasteiger charge is 2.06. The molecule has 0 aromatic heterocycles. The number of thiocarbonyl (C=S) groups is 2. The van der Waals surface area contributed by atoms with Crippen LogP contribution in [-0.4, -0.2) is 21.2 Å². The SMILES string of the molecule is CC(C)c1ccc(C(=S)CCSCCC(=S)c2ccc(C(C)C)cc2)cc1. The van der Waals surface area contributed by atoms with Gasteiger partial charge in [0.1, 0.15) is 0 Å². The minimum atomic E-state index is 0.564. The largest absolute Gasteiger partial charge is 0.161 e. The molecule has 0 radical (unpaired) electrons. The summed E-state index contributed by atoms with van der Waals surface area (Å²) in [4.78, 5) is 2.12. The van der Waals surface area contributed by atoms with Crippen LogP contribution in [0.5, 0.6) is 0 Å². The lowest BCUT2D eigenvalue weighted by Crippen LogP contribution is -2.02. The summed E-state index contributed by atoms with van der Waals surface area (Å²) in [5.74, 6) is 3.24. The van der Waals surface area contributed by atoms with Gasteiger partial charge in [0.15, 0.2) is 0 Å². The molecular weight excluding hydrogens is 384 g/mol. The zero-order valence-corrected chi connectivity index (χ0v) is 19.3. The molecule has 0 saturated heterocycles. The molecular formula is C24H30S3. The second-order valence-corrected chi connectivity index (χ2v) is 9.72. The average Bonchev–Trinajstić information content (AvgIpc) is 2.67. The van der Waals surface area contributed by atoms with Gasteiger partial charge in [-0.2, -0.15) is 11.8 Å². The highest BCUT2D eigenvalue weighted by atomic mass is 32.2. The van der Waals surface area contributed by atoms with Crippen molar-refractivity contribution in [1.29, 1.82) is 0 Å². The molecule has 0 heterocycles. The molecule has 0 atom stereocenters. The second-order valence-electron chi connectivity index (χ2n) is 7.51. The lowest BCUT2D eigenvalue weighted by atomic mass is 10.0. The van der Waals surface area contributed by atoms with Crippen molar-refractivity contribution in [3.05, 3.63) is 70.8 Å². The average molecular weight is 415 g/mol. The molecule has 0 amide bonds. The molecule has 0 unspecified atom stereocenters. The van der Waals surface area contributed by atoms with Gasteiger partial charge >= 0.3 is 0 Å². The van der Waals surface area contributed by atoms with E-state index < -0.39 is 0 Å². The van der Waals surface area contributed by atoms with Crippen molar-refractivity contribution >= 4 is 45.9 Å². The molecule has 0 aliphatic carbocycles. The van der Waals surface area contributed by atoms with Gasteiger partial charge < -0.3 is 0 Å². The van der Waals surface area contributed by atoms with Crippen molar-refractivity contribution in [1.82, 2.24) is 0 Å². The Morgan fingerprint density at radius 3 is 1.30 bits per heavy atom. The lowest BCUT2D eigenvalue weighted by molar-refractivity contribution is 0.866. The molecule has 0 bridgehead atoms. The van der Waals surface area contributed by atoms with E-state index in [1.807, 2.05) is 11.8 Å². The second kappa shape index (κ2) is 11.1. The minimum absolute atomic E-state index is 0.564. The van der Waals surface area contributed by atoms with Gasteiger partial charge in [-0.1, -0.05) is 101 Å². The van der Waals surface area contributed by atoms with E-state index in [1.165, 1.54) is 22.3 Å². The zero-order chi connectivity index (χ0) is 19.8. The normalized spacial score (nSPS) is 11.2. The smallest absolute Gasteiger partial charge is 0.0232 e. The molecule has 0 fully saturated rings. The molecule has 0 aliphatic rings. The fraction of sp³-hybridized carbons (Fsp3) is 0.417. The van der Waals surface area contributed by atoms with Crippen LogP contribution in [0.1, 0.15) is 74.6 Å². The summed E-state index contributed by atoms with van der Waals surface area (Å²) >= 11 is 13.1. The Morgan fingerprint density at radius 2 is 1.00 bits per heavy atom. The fourth-order valence-electron chi connectivity index (χ4n) is 2.83. The summed E-state index contributed by atoms with van der Waals surface area (Å²) in [6.45, 7) is 8.86. The maximum atomic E-state index is 5.60. The van der Waals surface area contributed by atoms with Crippen LogP contribution in [-0.2, 0) is 0 Å². The monoisotopic (exact) mass is 414 g/mol. The Hall–Kier alpha value is -1.03. The van der Waals surface area contributed by atoms with Crippen LogP contribution >= 0.6 is 36.2 Å². The molecule has 0 spiro atoms. The first-order chi connectivity index (χ1) is 12.9. The third kappa shape index (κ3) is 7.14. The summed E-state index contributed by atoms with van der Waals surface area (Å²) in [5.41, 5.74) is 5.11. The van der Waals surface area contributed by atoms with Gasteiger partial charge in [-0.3, -0.25) is 0 Å². The first-order valence-electron chi connectivity index (χ1n) is 9.72. The van der Waals surface area contributed by atoms with E-state index in [-0.39, 0.29) is 0 Å². The van der Waals surface area contributed by atoms with Crippen molar-refractivity contribution in [2.75, 3.05) is 11.5 Å². The lowest BCUT2D eigenvalue weighted by Gasteiger charge is -2.09. The number of benzene rings is 2.